The predicted molar refractivity (Wildman–Crippen MR) is 186 cm³/mol. The summed E-state index contributed by atoms with van der Waals surface area (Å²) in [4.78, 5) is 13.1. The minimum absolute atomic E-state index is 0.0489. The van der Waals surface area contributed by atoms with Crippen LogP contribution in [0.2, 0.25) is 0 Å². The molecule has 2 fully saturated rings. The van der Waals surface area contributed by atoms with Gasteiger partial charge in [0.25, 0.3) is 20.2 Å². The highest BCUT2D eigenvalue weighted by atomic mass is 32.2. The third-order valence-electron chi connectivity index (χ3n) is 8.36. The van der Waals surface area contributed by atoms with Gasteiger partial charge in [0.1, 0.15) is 11.6 Å². The molecule has 0 spiro atoms. The number of piperidine rings is 1. The molecule has 2 aliphatic heterocycles. The van der Waals surface area contributed by atoms with Crippen molar-refractivity contribution in [2.45, 2.75) is 50.0 Å². The molecule has 2 aromatic carbocycles. The number of benzene rings is 2. The first-order valence-electron chi connectivity index (χ1n) is 16.0. The van der Waals surface area contributed by atoms with Gasteiger partial charge in [-0.2, -0.15) is 17.0 Å². The first-order valence-corrected chi connectivity index (χ1v) is 19.7. The van der Waals surface area contributed by atoms with Gasteiger partial charge in [-0.25, -0.2) is 36.5 Å². The minimum Gasteiger partial charge on any atom is -0.351 e. The summed E-state index contributed by atoms with van der Waals surface area (Å²) >= 11 is 1.30. The van der Waals surface area contributed by atoms with Crippen molar-refractivity contribution in [1.29, 1.82) is 0 Å². The van der Waals surface area contributed by atoms with E-state index in [2.05, 4.69) is 15.6 Å². The van der Waals surface area contributed by atoms with Crippen molar-refractivity contribution in [2.24, 2.45) is 0 Å². The van der Waals surface area contributed by atoms with Crippen LogP contribution < -0.4 is 15.4 Å². The number of hydrogen-bond acceptors (Lipinski definition) is 10. The van der Waals surface area contributed by atoms with Gasteiger partial charge < -0.3 is 10.6 Å². The van der Waals surface area contributed by atoms with E-state index >= 15 is 4.39 Å². The molecule has 6 rings (SSSR count). The second kappa shape index (κ2) is 14.1. The molecule has 4 heterocycles. The highest BCUT2D eigenvalue weighted by molar-refractivity contribution is 7.92. The Hall–Kier alpha value is -3.68. The van der Waals surface area contributed by atoms with E-state index in [0.29, 0.717) is 73.6 Å². The first-order chi connectivity index (χ1) is 23.6. The van der Waals surface area contributed by atoms with E-state index < -0.39 is 53.7 Å². The molecule has 268 valence electrons. The third-order valence-corrected chi connectivity index (χ3v) is 13.3. The Bertz CT molecular complexity index is 2080. The largest absolute Gasteiger partial charge is 0.351 e. The van der Waals surface area contributed by atoms with Crippen LogP contribution in [0.3, 0.4) is 0 Å². The summed E-state index contributed by atoms with van der Waals surface area (Å²) in [6, 6.07) is 8.19. The molecule has 0 amide bonds. The second-order valence-electron chi connectivity index (χ2n) is 13.0. The van der Waals surface area contributed by atoms with E-state index in [9.17, 15) is 25.6 Å². The lowest BCUT2D eigenvalue weighted by Crippen LogP contribution is -2.54. The Kier molecular flexibility index (Phi) is 10.2. The summed E-state index contributed by atoms with van der Waals surface area (Å²) in [7, 11) is -8.38. The number of aromatic nitrogens is 3. The van der Waals surface area contributed by atoms with Gasteiger partial charge in [0, 0.05) is 62.5 Å². The van der Waals surface area contributed by atoms with Gasteiger partial charge >= 0.3 is 0 Å². The second-order valence-corrected chi connectivity index (χ2v) is 17.6. The quantitative estimate of drug-likeness (QED) is 0.219. The Morgan fingerprint density at radius 3 is 2.18 bits per heavy atom. The van der Waals surface area contributed by atoms with Crippen molar-refractivity contribution in [3.63, 3.8) is 0 Å². The fourth-order valence-electron chi connectivity index (χ4n) is 5.73. The molecule has 2 aliphatic rings. The average Bonchev–Trinajstić information content (AvgIpc) is 3.53. The molecule has 0 aliphatic carbocycles. The third kappa shape index (κ3) is 7.50. The maximum Gasteiger partial charge on any atom is 0.282 e. The SMILES string of the molecule is CC(C)(C)c1nc(-c2cccc(NS(=O)(=O)c3c(F)cccc3F)c2F)c(-c2ccnc(NC3CCN(S(=O)(=O)N4CCNCC4)CC3)n2)s1. The number of nitrogens with one attached hydrogen (secondary N) is 3. The van der Waals surface area contributed by atoms with E-state index in [4.69, 9.17) is 9.97 Å². The van der Waals surface area contributed by atoms with Crippen LogP contribution in [0.5, 0.6) is 0 Å². The molecule has 18 heteroatoms. The molecule has 12 nitrogen and oxygen atoms in total. The van der Waals surface area contributed by atoms with Gasteiger partial charge in [0.05, 0.1) is 27.0 Å². The zero-order valence-corrected chi connectivity index (χ0v) is 30.0. The number of nitrogens with zero attached hydrogens (tertiary/aromatic N) is 5. The first kappa shape index (κ1) is 36.1. The molecule has 2 aromatic heterocycles. The van der Waals surface area contributed by atoms with E-state index in [-0.39, 0.29) is 17.3 Å². The topological polar surface area (TPSA) is 150 Å². The Balaban J connectivity index is 1.26. The summed E-state index contributed by atoms with van der Waals surface area (Å²) in [6.45, 7) is 8.67. The van der Waals surface area contributed by atoms with Crippen molar-refractivity contribution in [3.8, 4) is 21.8 Å². The van der Waals surface area contributed by atoms with E-state index in [1.807, 2.05) is 25.5 Å². The number of thiazole rings is 1. The van der Waals surface area contributed by atoms with Gasteiger partial charge in [0.2, 0.25) is 5.95 Å². The fraction of sp³-hybridized carbons (Fsp3) is 0.406. The normalized spacial score (nSPS) is 17.2. The minimum atomic E-state index is -4.84. The van der Waals surface area contributed by atoms with Crippen molar-refractivity contribution < 1.29 is 30.0 Å². The lowest BCUT2D eigenvalue weighted by atomic mass is 9.98. The zero-order chi connectivity index (χ0) is 35.8. The molecule has 0 saturated carbocycles. The van der Waals surface area contributed by atoms with E-state index in [1.165, 1.54) is 32.1 Å². The van der Waals surface area contributed by atoms with Crippen LogP contribution in [0.15, 0.2) is 53.6 Å². The summed E-state index contributed by atoms with van der Waals surface area (Å²) in [5.74, 6) is -3.32. The van der Waals surface area contributed by atoms with Crippen molar-refractivity contribution in [2.75, 3.05) is 49.3 Å². The molecule has 0 unspecified atom stereocenters. The summed E-state index contributed by atoms with van der Waals surface area (Å²) < 4.78 is 102. The molecule has 0 atom stereocenters. The van der Waals surface area contributed by atoms with Gasteiger partial charge in [-0.3, -0.25) is 4.72 Å². The highest BCUT2D eigenvalue weighted by Crippen LogP contribution is 2.42. The fourth-order valence-corrected chi connectivity index (χ4v) is 9.68. The zero-order valence-electron chi connectivity index (χ0n) is 27.6. The molecule has 4 aromatic rings. The average molecular weight is 751 g/mol. The van der Waals surface area contributed by atoms with Gasteiger partial charge in [-0.15, -0.1) is 11.3 Å². The van der Waals surface area contributed by atoms with Crippen LogP contribution in [0.4, 0.5) is 24.8 Å². The Morgan fingerprint density at radius 2 is 1.52 bits per heavy atom. The smallest absolute Gasteiger partial charge is 0.282 e. The van der Waals surface area contributed by atoms with Crippen molar-refractivity contribution >= 4 is 43.2 Å². The van der Waals surface area contributed by atoms with Gasteiger partial charge in [0.15, 0.2) is 10.7 Å². The summed E-state index contributed by atoms with van der Waals surface area (Å²) in [6.07, 6.45) is 2.64. The molecule has 50 heavy (non-hydrogen) atoms. The van der Waals surface area contributed by atoms with Crippen LogP contribution in [0.25, 0.3) is 21.8 Å². The predicted octanol–water partition coefficient (Wildman–Crippen LogP) is 4.81. The van der Waals surface area contributed by atoms with Crippen LogP contribution in [-0.4, -0.2) is 85.7 Å². The van der Waals surface area contributed by atoms with E-state index in [1.54, 1.807) is 12.3 Å². The molecular formula is C32H37F3N8O4S3. The summed E-state index contributed by atoms with van der Waals surface area (Å²) in [5, 5.41) is 7.14. The molecule has 0 bridgehead atoms. The molecule has 2 saturated heterocycles. The maximum atomic E-state index is 16.2. The van der Waals surface area contributed by atoms with Crippen LogP contribution >= 0.6 is 11.3 Å². The highest BCUT2D eigenvalue weighted by Gasteiger charge is 2.34. The van der Waals surface area contributed by atoms with Gasteiger partial charge in [-0.1, -0.05) is 32.9 Å². The van der Waals surface area contributed by atoms with Crippen LogP contribution in [-0.2, 0) is 25.6 Å². The number of halogens is 3. The monoisotopic (exact) mass is 750 g/mol. The lowest BCUT2D eigenvalue weighted by Gasteiger charge is -2.36. The Labute approximate surface area is 293 Å². The Morgan fingerprint density at radius 1 is 0.880 bits per heavy atom. The number of rotatable bonds is 9. The van der Waals surface area contributed by atoms with Crippen molar-refractivity contribution in [1.82, 2.24) is 28.9 Å². The molecule has 3 N–H and O–H groups in total. The van der Waals surface area contributed by atoms with E-state index in [0.717, 1.165) is 24.3 Å². The van der Waals surface area contributed by atoms with Gasteiger partial charge in [-0.05, 0) is 43.2 Å². The van der Waals surface area contributed by atoms with Crippen molar-refractivity contribution in [3.05, 3.63) is 71.1 Å². The standard InChI is InChI=1S/C32H37F3N8O4S3/c1-32(2,3)30-40-27(21-6-4-9-24(26(21)35)41-49(44,45)29-22(33)7-5-8-23(29)34)28(48-30)25-10-13-37-31(39-25)38-20-11-16-42(17-12-20)50(46,47)43-18-14-36-15-19-43/h4-10,13,20,36,41H,11-12,14-19H2,1-3H3,(H,37,38,39). The number of anilines is 2. The van der Waals surface area contributed by atoms with Crippen LogP contribution in [0, 0.1) is 17.5 Å². The number of piperazine rings is 1. The number of hydrogen-bond donors (Lipinski definition) is 3. The number of sulfonamides is 1. The maximum absolute atomic E-state index is 16.2. The van der Waals surface area contributed by atoms with Crippen LogP contribution in [0.1, 0.15) is 38.6 Å². The molecule has 0 radical (unpaired) electrons. The lowest BCUT2D eigenvalue weighted by molar-refractivity contribution is 0.280. The molecular weight excluding hydrogens is 714 g/mol. The summed E-state index contributed by atoms with van der Waals surface area (Å²) in [5.41, 5.74) is -0.374.